The Hall–Kier alpha value is -1.79. The zero-order valence-electron chi connectivity index (χ0n) is 14.5. The minimum absolute atomic E-state index is 0.0611. The molecular weight excluding hydrogens is 349 g/mol. The van der Waals surface area contributed by atoms with Crippen molar-refractivity contribution in [3.63, 3.8) is 0 Å². The Labute approximate surface area is 156 Å². The lowest BCUT2D eigenvalue weighted by Crippen LogP contribution is -2.48. The van der Waals surface area contributed by atoms with Gasteiger partial charge in [0.2, 0.25) is 0 Å². The highest BCUT2D eigenvalue weighted by atomic mass is 32.1. The Morgan fingerprint density at radius 2 is 2.08 bits per heavy atom. The molecule has 1 aliphatic heterocycles. The van der Waals surface area contributed by atoms with E-state index >= 15 is 0 Å². The molecule has 2 aromatic rings. The molecule has 2 heterocycles. The highest BCUT2D eigenvalue weighted by molar-refractivity contribution is 7.15. The highest BCUT2D eigenvalue weighted by Gasteiger charge is 2.48. The Bertz CT molecular complexity index is 862. The predicted octanol–water partition coefficient (Wildman–Crippen LogP) is 3.78. The first-order valence-corrected chi connectivity index (χ1v) is 10.3. The largest absolute Gasteiger partial charge is 0.330 e. The first kappa shape index (κ1) is 16.4. The molecule has 3 atom stereocenters. The monoisotopic (exact) mass is 371 g/mol. The number of amides is 1. The summed E-state index contributed by atoms with van der Waals surface area (Å²) in [5, 5.41) is 0.972. The van der Waals surface area contributed by atoms with Gasteiger partial charge >= 0.3 is 0 Å². The number of piperidine rings is 1. The van der Waals surface area contributed by atoms with Crippen molar-refractivity contribution in [2.24, 2.45) is 11.7 Å². The summed E-state index contributed by atoms with van der Waals surface area (Å²) in [6.45, 7) is 0.488. The molecule has 26 heavy (non-hydrogen) atoms. The van der Waals surface area contributed by atoms with Gasteiger partial charge < -0.3 is 10.6 Å². The second-order valence-corrected chi connectivity index (χ2v) is 8.76. The molecule has 1 saturated heterocycles. The third-order valence-electron chi connectivity index (χ3n) is 6.11. The van der Waals surface area contributed by atoms with Crippen LogP contribution < -0.4 is 5.73 Å². The van der Waals surface area contributed by atoms with Crippen LogP contribution in [0.15, 0.2) is 24.3 Å². The van der Waals surface area contributed by atoms with Crippen LogP contribution in [0.4, 0.5) is 4.39 Å². The maximum atomic E-state index is 14.4. The number of hydrogen-bond donors (Lipinski definition) is 1. The second-order valence-electron chi connectivity index (χ2n) is 7.73. The average Bonchev–Trinajstić information content (AvgIpc) is 3.11. The van der Waals surface area contributed by atoms with E-state index in [0.717, 1.165) is 37.1 Å². The number of thiazole rings is 1. The van der Waals surface area contributed by atoms with Crippen molar-refractivity contribution in [1.82, 2.24) is 9.88 Å². The summed E-state index contributed by atoms with van der Waals surface area (Å²) in [6.07, 6.45) is 5.46. The molecule has 1 amide bonds. The number of benzene rings is 1. The molecule has 2 bridgehead atoms. The van der Waals surface area contributed by atoms with Crippen LogP contribution >= 0.6 is 11.3 Å². The number of carbonyl (C=O) groups excluding carboxylic acids is 1. The van der Waals surface area contributed by atoms with E-state index in [1.807, 2.05) is 11.0 Å². The first-order valence-electron chi connectivity index (χ1n) is 9.45. The topological polar surface area (TPSA) is 59.2 Å². The molecule has 1 aromatic heterocycles. The van der Waals surface area contributed by atoms with Gasteiger partial charge in [-0.25, -0.2) is 9.37 Å². The van der Waals surface area contributed by atoms with Gasteiger partial charge in [0.15, 0.2) is 0 Å². The van der Waals surface area contributed by atoms with Gasteiger partial charge in [0.1, 0.15) is 11.5 Å². The van der Waals surface area contributed by atoms with E-state index in [1.54, 1.807) is 12.1 Å². The van der Waals surface area contributed by atoms with E-state index in [-0.39, 0.29) is 23.8 Å². The fraction of sp³-hybridized carbons (Fsp3) is 0.500. The van der Waals surface area contributed by atoms with E-state index in [9.17, 15) is 9.18 Å². The molecule has 0 radical (unpaired) electrons. The zero-order chi connectivity index (χ0) is 17.8. The molecule has 2 aliphatic carbocycles. The Morgan fingerprint density at radius 3 is 2.81 bits per heavy atom. The minimum Gasteiger partial charge on any atom is -0.330 e. The van der Waals surface area contributed by atoms with Gasteiger partial charge in [0.05, 0.1) is 9.88 Å². The van der Waals surface area contributed by atoms with Crippen LogP contribution in [0, 0.1) is 11.7 Å². The van der Waals surface area contributed by atoms with Crippen molar-refractivity contribution >= 4 is 17.2 Å². The average molecular weight is 371 g/mol. The van der Waals surface area contributed by atoms with Crippen LogP contribution in [0.1, 0.15) is 53.5 Å². The molecule has 5 rings (SSSR count). The van der Waals surface area contributed by atoms with Crippen molar-refractivity contribution in [3.05, 3.63) is 40.8 Å². The molecule has 6 heteroatoms. The molecule has 2 saturated carbocycles. The van der Waals surface area contributed by atoms with Crippen molar-refractivity contribution in [2.75, 3.05) is 6.54 Å². The number of hydrogen-bond acceptors (Lipinski definition) is 4. The summed E-state index contributed by atoms with van der Waals surface area (Å²) in [4.78, 5) is 20.8. The van der Waals surface area contributed by atoms with Crippen LogP contribution in [-0.2, 0) is 0 Å². The molecule has 3 fully saturated rings. The van der Waals surface area contributed by atoms with Crippen molar-refractivity contribution < 1.29 is 9.18 Å². The molecule has 0 unspecified atom stereocenters. The van der Waals surface area contributed by atoms with Gasteiger partial charge in [-0.05, 0) is 44.1 Å². The molecule has 136 valence electrons. The number of rotatable bonds is 4. The fourth-order valence-electron chi connectivity index (χ4n) is 4.65. The number of fused-ring (bicyclic) bond motifs is 2. The molecule has 4 nitrogen and oxygen atoms in total. The second kappa shape index (κ2) is 6.13. The van der Waals surface area contributed by atoms with Gasteiger partial charge in [-0.3, -0.25) is 4.79 Å². The van der Waals surface area contributed by atoms with E-state index in [4.69, 9.17) is 10.7 Å². The molecule has 2 N–H and O–H groups in total. The standard InChI is InChI=1S/C20H22FN3OS/c21-15-4-2-1-3-14(15)18-17(23-19(26-18)11-5-6-11)20(25)24-13-8-7-12(9-13)16(24)10-22/h1-4,11-13,16H,5-10,22H2/t12-,13+,16+/m0/s1. The number of aromatic nitrogens is 1. The number of likely N-dealkylation sites (tertiary alicyclic amines) is 1. The quantitative estimate of drug-likeness (QED) is 0.890. The summed E-state index contributed by atoms with van der Waals surface area (Å²) >= 11 is 1.48. The van der Waals surface area contributed by atoms with Crippen LogP contribution in [0.3, 0.4) is 0 Å². The van der Waals surface area contributed by atoms with Gasteiger partial charge in [0.25, 0.3) is 5.91 Å². The van der Waals surface area contributed by atoms with E-state index in [1.165, 1.54) is 17.4 Å². The lowest BCUT2D eigenvalue weighted by molar-refractivity contribution is 0.0597. The number of carbonyl (C=O) groups is 1. The lowest BCUT2D eigenvalue weighted by atomic mass is 9.98. The molecule has 0 spiro atoms. The van der Waals surface area contributed by atoms with E-state index < -0.39 is 0 Å². The normalized spacial score (nSPS) is 27.3. The fourth-order valence-corrected chi connectivity index (χ4v) is 5.90. The first-order chi connectivity index (χ1) is 12.7. The summed E-state index contributed by atoms with van der Waals surface area (Å²) < 4.78 is 14.4. The number of halogens is 1. The van der Waals surface area contributed by atoms with Crippen molar-refractivity contribution in [3.8, 4) is 10.4 Å². The number of nitrogens with zero attached hydrogens (tertiary/aromatic N) is 2. The Morgan fingerprint density at radius 1 is 1.27 bits per heavy atom. The summed E-state index contributed by atoms with van der Waals surface area (Å²) in [7, 11) is 0. The van der Waals surface area contributed by atoms with Crippen molar-refractivity contribution in [2.45, 2.75) is 50.1 Å². The van der Waals surface area contributed by atoms with Gasteiger partial charge in [0, 0.05) is 30.1 Å². The van der Waals surface area contributed by atoms with Gasteiger partial charge in [-0.1, -0.05) is 18.2 Å². The maximum absolute atomic E-state index is 14.4. The third kappa shape index (κ3) is 2.50. The Balaban J connectivity index is 1.58. The molecule has 3 aliphatic rings. The summed E-state index contributed by atoms with van der Waals surface area (Å²) in [5.74, 6) is 0.583. The maximum Gasteiger partial charge on any atom is 0.274 e. The van der Waals surface area contributed by atoms with E-state index in [2.05, 4.69) is 0 Å². The zero-order valence-corrected chi connectivity index (χ0v) is 15.3. The molecule has 1 aromatic carbocycles. The van der Waals surface area contributed by atoms with Crippen molar-refractivity contribution in [1.29, 1.82) is 0 Å². The predicted molar refractivity (Wildman–Crippen MR) is 99.6 cm³/mol. The minimum atomic E-state index is -0.300. The van der Waals surface area contributed by atoms with Crippen LogP contribution in [-0.4, -0.2) is 34.4 Å². The number of nitrogens with two attached hydrogens (primary N) is 1. The Kier molecular flexibility index (Phi) is 3.87. The van der Waals surface area contributed by atoms with Crippen LogP contribution in [0.2, 0.25) is 0 Å². The van der Waals surface area contributed by atoms with Crippen LogP contribution in [0.25, 0.3) is 10.4 Å². The SMILES string of the molecule is NC[C@@H]1[C@H]2CC[C@H](C2)N1C(=O)c1nc(C2CC2)sc1-c1ccccc1F. The van der Waals surface area contributed by atoms with Crippen LogP contribution in [0.5, 0.6) is 0 Å². The molecular formula is C20H22FN3OS. The highest BCUT2D eigenvalue weighted by Crippen LogP contribution is 2.47. The smallest absolute Gasteiger partial charge is 0.274 e. The third-order valence-corrected chi connectivity index (χ3v) is 7.36. The summed E-state index contributed by atoms with van der Waals surface area (Å²) in [6, 6.07) is 7.03. The van der Waals surface area contributed by atoms with Gasteiger partial charge in [-0.15, -0.1) is 11.3 Å². The lowest BCUT2D eigenvalue weighted by Gasteiger charge is -2.34. The van der Waals surface area contributed by atoms with E-state index in [0.29, 0.717) is 34.5 Å². The van der Waals surface area contributed by atoms with Gasteiger partial charge in [-0.2, -0.15) is 0 Å². The summed E-state index contributed by atoms with van der Waals surface area (Å²) in [5.41, 5.74) is 6.90.